The second kappa shape index (κ2) is 10.1. The quantitative estimate of drug-likeness (QED) is 0.673. The second-order valence-corrected chi connectivity index (χ2v) is 8.56. The van der Waals surface area contributed by atoms with Crippen molar-refractivity contribution in [1.29, 1.82) is 0 Å². The maximum Gasteiger partial charge on any atom is 0.490 e. The molecule has 1 aliphatic heterocycles. The Morgan fingerprint density at radius 1 is 1.09 bits per heavy atom. The van der Waals surface area contributed by atoms with Crippen LogP contribution in [0.25, 0.3) is 10.8 Å². The molecule has 6 nitrogen and oxygen atoms in total. The molecule has 2 N–H and O–H groups in total. The van der Waals surface area contributed by atoms with Gasteiger partial charge in [0.2, 0.25) is 5.91 Å². The number of hydrogen-bond acceptors (Lipinski definition) is 4. The predicted molar refractivity (Wildman–Crippen MR) is 114 cm³/mol. The number of halogens is 3. The number of alkyl halides is 3. The molecule has 1 heterocycles. The molecule has 0 aliphatic carbocycles. The molecule has 0 bridgehead atoms. The first-order valence-electron chi connectivity index (χ1n) is 10.1. The number of likely N-dealkylation sites (tertiary alicyclic amines) is 1. The number of Topliss-reactive ketones (excluding diaryl/α,β-unsaturated/α-hetero) is 1. The summed E-state index contributed by atoms with van der Waals surface area (Å²) < 4.78 is 31.7. The average Bonchev–Trinajstić information content (AvgIpc) is 2.96. The SMILES string of the molecule is CN1CC(NC(=O)CCC(=O)c2cccc3ccccc23)C(C)(C)C1.O=C(O)C(F)(F)F. The Morgan fingerprint density at radius 3 is 2.25 bits per heavy atom. The Bertz CT molecular complexity index is 983. The molecule has 1 amide bonds. The summed E-state index contributed by atoms with van der Waals surface area (Å²) >= 11 is 0. The number of carboxylic acid groups (broad SMARTS) is 1. The van der Waals surface area contributed by atoms with Crippen LogP contribution in [-0.4, -0.2) is 60.0 Å². The van der Waals surface area contributed by atoms with Crippen molar-refractivity contribution in [3.63, 3.8) is 0 Å². The minimum absolute atomic E-state index is 0.0229. The molecular formula is C23H27F3N2O4. The van der Waals surface area contributed by atoms with Crippen molar-refractivity contribution in [2.75, 3.05) is 20.1 Å². The van der Waals surface area contributed by atoms with Crippen LogP contribution >= 0.6 is 0 Å². The molecular weight excluding hydrogens is 425 g/mol. The van der Waals surface area contributed by atoms with Crippen molar-refractivity contribution >= 4 is 28.4 Å². The lowest BCUT2D eigenvalue weighted by Crippen LogP contribution is -2.44. The summed E-state index contributed by atoms with van der Waals surface area (Å²) in [5, 5.41) is 12.2. The number of carbonyl (C=O) groups is 3. The zero-order valence-corrected chi connectivity index (χ0v) is 18.2. The van der Waals surface area contributed by atoms with Gasteiger partial charge in [0.05, 0.1) is 0 Å². The normalized spacial score (nSPS) is 18.0. The predicted octanol–water partition coefficient (Wildman–Crippen LogP) is 3.89. The number of fused-ring (bicyclic) bond motifs is 1. The summed E-state index contributed by atoms with van der Waals surface area (Å²) in [6.07, 6.45) is -4.61. The fourth-order valence-corrected chi connectivity index (χ4v) is 3.77. The van der Waals surface area contributed by atoms with Gasteiger partial charge in [0.1, 0.15) is 0 Å². The number of carbonyl (C=O) groups excluding carboxylic acids is 2. The molecule has 1 aliphatic rings. The second-order valence-electron chi connectivity index (χ2n) is 8.56. The van der Waals surface area contributed by atoms with Crippen LogP contribution in [0.3, 0.4) is 0 Å². The van der Waals surface area contributed by atoms with Crippen LogP contribution in [-0.2, 0) is 9.59 Å². The number of aliphatic carboxylic acids is 1. The van der Waals surface area contributed by atoms with Gasteiger partial charge in [-0.1, -0.05) is 56.3 Å². The summed E-state index contributed by atoms with van der Waals surface area (Å²) in [6, 6.07) is 13.7. The first-order valence-corrected chi connectivity index (χ1v) is 10.1. The molecule has 0 radical (unpaired) electrons. The third-order valence-electron chi connectivity index (χ3n) is 5.36. The molecule has 1 fully saturated rings. The molecule has 1 saturated heterocycles. The minimum atomic E-state index is -5.08. The molecule has 1 unspecified atom stereocenters. The zero-order chi connectivity index (χ0) is 24.1. The lowest BCUT2D eigenvalue weighted by molar-refractivity contribution is -0.192. The summed E-state index contributed by atoms with van der Waals surface area (Å²) in [6.45, 7) is 6.16. The first-order chi connectivity index (χ1) is 14.8. The standard InChI is InChI=1S/C21H26N2O2.C2HF3O2/c1-21(2)14-23(3)13-19(21)22-20(25)12-11-18(24)17-10-6-8-15-7-4-5-9-16(15)17;3-2(4,5)1(6)7/h4-10,19H,11-14H2,1-3H3,(H,22,25);(H,6,7). The van der Waals surface area contributed by atoms with E-state index >= 15 is 0 Å². The summed E-state index contributed by atoms with van der Waals surface area (Å²) in [5.74, 6) is -2.77. The minimum Gasteiger partial charge on any atom is -0.475 e. The first kappa shape index (κ1) is 25.3. The van der Waals surface area contributed by atoms with Gasteiger partial charge >= 0.3 is 12.1 Å². The Hall–Kier alpha value is -2.94. The van der Waals surface area contributed by atoms with Crippen LogP contribution in [0.5, 0.6) is 0 Å². The molecule has 32 heavy (non-hydrogen) atoms. The lowest BCUT2D eigenvalue weighted by Gasteiger charge is -2.26. The van der Waals surface area contributed by atoms with E-state index in [-0.39, 0.29) is 36.0 Å². The van der Waals surface area contributed by atoms with Crippen molar-refractivity contribution in [3.8, 4) is 0 Å². The molecule has 174 valence electrons. The van der Waals surface area contributed by atoms with Crippen molar-refractivity contribution in [2.24, 2.45) is 5.41 Å². The van der Waals surface area contributed by atoms with Gasteiger partial charge in [0.15, 0.2) is 5.78 Å². The summed E-state index contributed by atoms with van der Waals surface area (Å²) in [7, 11) is 2.07. The smallest absolute Gasteiger partial charge is 0.475 e. The fraction of sp³-hybridized carbons (Fsp3) is 0.435. The molecule has 2 aromatic carbocycles. The molecule has 0 saturated carbocycles. The van der Waals surface area contributed by atoms with Gasteiger partial charge in [-0.2, -0.15) is 13.2 Å². The van der Waals surface area contributed by atoms with Crippen molar-refractivity contribution in [1.82, 2.24) is 10.2 Å². The Balaban J connectivity index is 0.000000451. The van der Waals surface area contributed by atoms with Crippen LogP contribution in [0.15, 0.2) is 42.5 Å². The maximum absolute atomic E-state index is 12.6. The number of amides is 1. The van der Waals surface area contributed by atoms with Gasteiger partial charge in [-0.3, -0.25) is 9.59 Å². The molecule has 2 aromatic rings. The van der Waals surface area contributed by atoms with Crippen LogP contribution in [0.2, 0.25) is 0 Å². The van der Waals surface area contributed by atoms with E-state index in [0.717, 1.165) is 23.9 Å². The molecule has 0 spiro atoms. The average molecular weight is 452 g/mol. The molecule has 1 atom stereocenters. The Morgan fingerprint density at radius 2 is 1.69 bits per heavy atom. The number of rotatable bonds is 5. The topological polar surface area (TPSA) is 86.7 Å². The van der Waals surface area contributed by atoms with Gasteiger partial charge < -0.3 is 15.3 Å². The van der Waals surface area contributed by atoms with Gasteiger partial charge in [0.25, 0.3) is 0 Å². The monoisotopic (exact) mass is 452 g/mol. The highest BCUT2D eigenvalue weighted by Gasteiger charge is 2.39. The number of likely N-dealkylation sites (N-methyl/N-ethyl adjacent to an activating group) is 1. The summed E-state index contributed by atoms with van der Waals surface area (Å²) in [4.78, 5) is 36.0. The van der Waals surface area contributed by atoms with Gasteiger partial charge in [-0.25, -0.2) is 4.79 Å². The Kier molecular flexibility index (Phi) is 8.01. The van der Waals surface area contributed by atoms with Crippen LogP contribution in [0.4, 0.5) is 13.2 Å². The van der Waals surface area contributed by atoms with E-state index in [9.17, 15) is 22.8 Å². The summed E-state index contributed by atoms with van der Waals surface area (Å²) in [5.41, 5.74) is 0.760. The number of hydrogen-bond donors (Lipinski definition) is 2. The third kappa shape index (κ3) is 6.78. The van der Waals surface area contributed by atoms with E-state index in [4.69, 9.17) is 9.90 Å². The van der Waals surface area contributed by atoms with Gasteiger partial charge in [-0.05, 0) is 23.2 Å². The number of ketones is 1. The van der Waals surface area contributed by atoms with Crippen LogP contribution in [0, 0.1) is 5.41 Å². The zero-order valence-electron chi connectivity index (χ0n) is 18.2. The fourth-order valence-electron chi connectivity index (χ4n) is 3.77. The largest absolute Gasteiger partial charge is 0.490 e. The highest BCUT2D eigenvalue weighted by Crippen LogP contribution is 2.28. The van der Waals surface area contributed by atoms with Crippen molar-refractivity contribution < 1.29 is 32.7 Å². The van der Waals surface area contributed by atoms with Crippen LogP contribution < -0.4 is 5.32 Å². The molecule has 3 rings (SSSR count). The third-order valence-corrected chi connectivity index (χ3v) is 5.36. The lowest BCUT2D eigenvalue weighted by atomic mass is 9.87. The van der Waals surface area contributed by atoms with E-state index in [1.54, 1.807) is 0 Å². The number of carboxylic acids is 1. The van der Waals surface area contributed by atoms with Gasteiger partial charge in [0, 0.05) is 37.5 Å². The van der Waals surface area contributed by atoms with Crippen molar-refractivity contribution in [2.45, 2.75) is 38.9 Å². The van der Waals surface area contributed by atoms with Gasteiger partial charge in [-0.15, -0.1) is 0 Å². The maximum atomic E-state index is 12.6. The van der Waals surface area contributed by atoms with Crippen LogP contribution in [0.1, 0.15) is 37.0 Å². The van der Waals surface area contributed by atoms with E-state index in [1.165, 1.54) is 0 Å². The highest BCUT2D eigenvalue weighted by atomic mass is 19.4. The number of benzene rings is 2. The molecule has 0 aromatic heterocycles. The van der Waals surface area contributed by atoms with E-state index in [1.807, 2.05) is 42.5 Å². The highest BCUT2D eigenvalue weighted by molar-refractivity contribution is 6.08. The molecule has 9 heteroatoms. The number of nitrogens with zero attached hydrogens (tertiary/aromatic N) is 1. The van der Waals surface area contributed by atoms with Crippen molar-refractivity contribution in [3.05, 3.63) is 48.0 Å². The van der Waals surface area contributed by atoms with E-state index in [0.29, 0.717) is 5.56 Å². The Labute approximate surface area is 184 Å². The van der Waals surface area contributed by atoms with E-state index < -0.39 is 12.1 Å². The van der Waals surface area contributed by atoms with E-state index in [2.05, 4.69) is 31.1 Å². The number of nitrogens with one attached hydrogen (secondary N) is 1.